The predicted octanol–water partition coefficient (Wildman–Crippen LogP) is 2.72. The van der Waals surface area contributed by atoms with Crippen LogP contribution in [0.25, 0.3) is 0 Å². The molecule has 19 heavy (non-hydrogen) atoms. The van der Waals surface area contributed by atoms with Gasteiger partial charge >= 0.3 is 5.97 Å². The summed E-state index contributed by atoms with van der Waals surface area (Å²) in [6.07, 6.45) is 2.52. The van der Waals surface area contributed by atoms with E-state index in [0.29, 0.717) is 17.0 Å². The van der Waals surface area contributed by atoms with Gasteiger partial charge in [-0.25, -0.2) is 0 Å². The number of aliphatic carboxylic acids is 1. The first kappa shape index (κ1) is 14.4. The molecule has 1 aromatic heterocycles. The van der Waals surface area contributed by atoms with Gasteiger partial charge in [0.1, 0.15) is 5.82 Å². The quantitative estimate of drug-likeness (QED) is 0.841. The Kier molecular flexibility index (Phi) is 3.90. The SMILES string of the molecule is CC(c1nnc(SCC(=O)O)n1C(C)(C)C)C1CC1. The summed E-state index contributed by atoms with van der Waals surface area (Å²) in [4.78, 5) is 10.7. The van der Waals surface area contributed by atoms with Crippen molar-refractivity contribution in [3.63, 3.8) is 0 Å². The van der Waals surface area contributed by atoms with Gasteiger partial charge in [-0.1, -0.05) is 18.7 Å². The molecule has 0 bridgehead atoms. The van der Waals surface area contributed by atoms with Crippen molar-refractivity contribution in [3.8, 4) is 0 Å². The number of nitrogens with zero attached hydrogens (tertiary/aromatic N) is 3. The number of carboxylic acids is 1. The van der Waals surface area contributed by atoms with Crippen LogP contribution in [-0.4, -0.2) is 31.6 Å². The van der Waals surface area contributed by atoms with Crippen molar-refractivity contribution in [1.29, 1.82) is 0 Å². The van der Waals surface area contributed by atoms with Crippen LogP contribution in [0.5, 0.6) is 0 Å². The highest BCUT2D eigenvalue weighted by molar-refractivity contribution is 7.99. The lowest BCUT2D eigenvalue weighted by Gasteiger charge is -2.26. The van der Waals surface area contributed by atoms with Gasteiger partial charge in [-0.05, 0) is 39.5 Å². The van der Waals surface area contributed by atoms with Gasteiger partial charge in [0.15, 0.2) is 5.16 Å². The van der Waals surface area contributed by atoms with Gasteiger partial charge in [0.05, 0.1) is 5.75 Å². The summed E-state index contributed by atoms with van der Waals surface area (Å²) in [7, 11) is 0. The fourth-order valence-corrected chi connectivity index (χ4v) is 3.08. The molecule has 1 aliphatic rings. The van der Waals surface area contributed by atoms with Crippen molar-refractivity contribution < 1.29 is 9.90 Å². The first-order valence-corrected chi connectivity index (χ1v) is 7.59. The van der Waals surface area contributed by atoms with Gasteiger partial charge in [-0.2, -0.15) is 0 Å². The summed E-state index contributed by atoms with van der Waals surface area (Å²) in [5.74, 6) is 1.29. The molecule has 0 saturated heterocycles. The second kappa shape index (κ2) is 5.15. The van der Waals surface area contributed by atoms with E-state index in [2.05, 4.69) is 42.5 Å². The molecular weight excluding hydrogens is 262 g/mol. The molecule has 5 nitrogen and oxygen atoms in total. The van der Waals surface area contributed by atoms with Crippen LogP contribution >= 0.6 is 11.8 Å². The molecule has 0 aromatic carbocycles. The Morgan fingerprint density at radius 1 is 1.47 bits per heavy atom. The molecular formula is C13H21N3O2S. The summed E-state index contributed by atoms with van der Waals surface area (Å²) >= 11 is 1.24. The number of carbonyl (C=O) groups is 1. The molecule has 1 unspecified atom stereocenters. The molecule has 1 saturated carbocycles. The van der Waals surface area contributed by atoms with Gasteiger partial charge in [0, 0.05) is 11.5 Å². The lowest BCUT2D eigenvalue weighted by molar-refractivity contribution is -0.133. The Hall–Kier alpha value is -1.04. The first-order chi connectivity index (χ1) is 8.80. The van der Waals surface area contributed by atoms with E-state index in [-0.39, 0.29) is 11.3 Å². The van der Waals surface area contributed by atoms with E-state index >= 15 is 0 Å². The summed E-state index contributed by atoms with van der Waals surface area (Å²) in [6, 6.07) is 0. The number of carboxylic acid groups (broad SMARTS) is 1. The molecule has 1 heterocycles. The average molecular weight is 283 g/mol. The zero-order valence-corrected chi connectivity index (χ0v) is 12.7. The van der Waals surface area contributed by atoms with Crippen molar-refractivity contribution in [2.45, 2.75) is 57.1 Å². The highest BCUT2D eigenvalue weighted by Crippen LogP contribution is 2.43. The summed E-state index contributed by atoms with van der Waals surface area (Å²) < 4.78 is 2.10. The molecule has 1 fully saturated rings. The lowest BCUT2D eigenvalue weighted by Crippen LogP contribution is -2.26. The van der Waals surface area contributed by atoms with Crippen LogP contribution in [0.3, 0.4) is 0 Å². The molecule has 6 heteroatoms. The Bertz CT molecular complexity index is 475. The second-order valence-corrected chi connectivity index (χ2v) is 7.10. The summed E-state index contributed by atoms with van der Waals surface area (Å²) in [5.41, 5.74) is -0.136. The number of hydrogen-bond acceptors (Lipinski definition) is 4. The Labute approximate surface area is 117 Å². The number of rotatable bonds is 5. The van der Waals surface area contributed by atoms with Crippen LogP contribution in [0.2, 0.25) is 0 Å². The minimum Gasteiger partial charge on any atom is -0.481 e. The maximum atomic E-state index is 10.7. The fourth-order valence-electron chi connectivity index (χ4n) is 2.23. The molecule has 0 aliphatic heterocycles. The largest absolute Gasteiger partial charge is 0.481 e. The van der Waals surface area contributed by atoms with Crippen LogP contribution in [-0.2, 0) is 10.3 Å². The number of hydrogen-bond donors (Lipinski definition) is 1. The van der Waals surface area contributed by atoms with E-state index in [1.54, 1.807) is 0 Å². The monoisotopic (exact) mass is 283 g/mol. The van der Waals surface area contributed by atoms with E-state index in [0.717, 1.165) is 5.82 Å². The zero-order valence-electron chi connectivity index (χ0n) is 11.9. The molecule has 0 radical (unpaired) electrons. The Morgan fingerprint density at radius 2 is 2.11 bits per heavy atom. The van der Waals surface area contributed by atoms with E-state index < -0.39 is 5.97 Å². The van der Waals surface area contributed by atoms with Crippen LogP contribution in [0.4, 0.5) is 0 Å². The van der Waals surface area contributed by atoms with Gasteiger partial charge in [-0.15, -0.1) is 10.2 Å². The second-order valence-electron chi connectivity index (χ2n) is 6.16. The van der Waals surface area contributed by atoms with Crippen LogP contribution in [0.15, 0.2) is 5.16 Å². The Morgan fingerprint density at radius 3 is 2.58 bits per heavy atom. The third-order valence-electron chi connectivity index (χ3n) is 3.39. The molecule has 1 aliphatic carbocycles. The molecule has 1 atom stereocenters. The molecule has 0 amide bonds. The third-order valence-corrected chi connectivity index (χ3v) is 4.30. The van der Waals surface area contributed by atoms with E-state index in [1.165, 1.54) is 24.6 Å². The lowest BCUT2D eigenvalue weighted by atomic mass is 10.0. The molecule has 106 valence electrons. The van der Waals surface area contributed by atoms with Crippen molar-refractivity contribution in [1.82, 2.24) is 14.8 Å². The maximum Gasteiger partial charge on any atom is 0.313 e. The number of thioether (sulfide) groups is 1. The first-order valence-electron chi connectivity index (χ1n) is 6.61. The Balaban J connectivity index is 2.30. The molecule has 1 N–H and O–H groups in total. The predicted molar refractivity (Wildman–Crippen MR) is 74.5 cm³/mol. The minimum absolute atomic E-state index is 0.0199. The van der Waals surface area contributed by atoms with E-state index in [4.69, 9.17) is 5.11 Å². The van der Waals surface area contributed by atoms with Crippen molar-refractivity contribution in [2.75, 3.05) is 5.75 Å². The summed E-state index contributed by atoms with van der Waals surface area (Å²) in [6.45, 7) is 8.49. The van der Waals surface area contributed by atoms with E-state index in [1.807, 2.05) is 0 Å². The van der Waals surface area contributed by atoms with Crippen molar-refractivity contribution in [3.05, 3.63) is 5.82 Å². The standard InChI is InChI=1S/C13H21N3O2S/c1-8(9-5-6-9)11-14-15-12(19-7-10(17)18)16(11)13(2,3)4/h8-9H,5-7H2,1-4H3,(H,17,18). The highest BCUT2D eigenvalue weighted by Gasteiger charge is 2.35. The van der Waals surface area contributed by atoms with Gasteiger partial charge in [0.2, 0.25) is 0 Å². The van der Waals surface area contributed by atoms with Crippen LogP contribution in [0.1, 0.15) is 52.3 Å². The topological polar surface area (TPSA) is 68.0 Å². The van der Waals surface area contributed by atoms with Gasteiger partial charge in [0.25, 0.3) is 0 Å². The number of aromatic nitrogens is 3. The van der Waals surface area contributed by atoms with Gasteiger partial charge < -0.3 is 9.67 Å². The summed E-state index contributed by atoms with van der Waals surface area (Å²) in [5, 5.41) is 18.0. The van der Waals surface area contributed by atoms with E-state index in [9.17, 15) is 4.79 Å². The van der Waals surface area contributed by atoms with Crippen LogP contribution < -0.4 is 0 Å². The smallest absolute Gasteiger partial charge is 0.313 e. The maximum absolute atomic E-state index is 10.7. The van der Waals surface area contributed by atoms with Gasteiger partial charge in [-0.3, -0.25) is 4.79 Å². The minimum atomic E-state index is -0.828. The fraction of sp³-hybridized carbons (Fsp3) is 0.769. The molecule has 0 spiro atoms. The van der Waals surface area contributed by atoms with Crippen molar-refractivity contribution >= 4 is 17.7 Å². The molecule has 1 aromatic rings. The van der Waals surface area contributed by atoms with Crippen LogP contribution in [0, 0.1) is 5.92 Å². The molecule has 2 rings (SSSR count). The van der Waals surface area contributed by atoms with Crippen molar-refractivity contribution in [2.24, 2.45) is 5.92 Å². The average Bonchev–Trinajstić information content (AvgIpc) is 3.03. The highest BCUT2D eigenvalue weighted by atomic mass is 32.2. The third kappa shape index (κ3) is 3.29. The zero-order chi connectivity index (χ0) is 14.2. The normalized spacial score (nSPS) is 17.5.